The smallest absolute Gasteiger partial charge is 0.320 e. The molecule has 3 aromatic rings. The summed E-state index contributed by atoms with van der Waals surface area (Å²) in [6, 6.07) is 10.6. The van der Waals surface area contributed by atoms with Crippen LogP contribution < -0.4 is 10.6 Å². The molecule has 2 heterocycles. The van der Waals surface area contributed by atoms with E-state index in [2.05, 4.69) is 31.5 Å². The fourth-order valence-corrected chi connectivity index (χ4v) is 5.88. The van der Waals surface area contributed by atoms with Crippen molar-refractivity contribution in [1.29, 1.82) is 0 Å². The molecule has 1 aliphatic heterocycles. The van der Waals surface area contributed by atoms with Crippen LogP contribution in [0.15, 0.2) is 51.8 Å². The summed E-state index contributed by atoms with van der Waals surface area (Å²) in [6.07, 6.45) is 2.61. The van der Waals surface area contributed by atoms with Crippen LogP contribution in [0.5, 0.6) is 0 Å². The van der Waals surface area contributed by atoms with Gasteiger partial charge in [-0.1, -0.05) is 34.5 Å². The van der Waals surface area contributed by atoms with E-state index >= 15 is 0 Å². The van der Waals surface area contributed by atoms with E-state index in [4.69, 9.17) is 0 Å². The molecule has 10 heteroatoms. The minimum absolute atomic E-state index is 0.0478. The maximum absolute atomic E-state index is 13.5. The Labute approximate surface area is 188 Å². The van der Waals surface area contributed by atoms with Crippen molar-refractivity contribution in [2.24, 2.45) is 0 Å². The lowest BCUT2D eigenvalue weighted by Gasteiger charge is -2.26. The summed E-state index contributed by atoms with van der Waals surface area (Å²) in [6.45, 7) is 1.01. The van der Waals surface area contributed by atoms with E-state index in [1.807, 2.05) is 0 Å². The molecule has 0 unspecified atom stereocenters. The Morgan fingerprint density at radius 2 is 1.90 bits per heavy atom. The summed E-state index contributed by atoms with van der Waals surface area (Å²) < 4.78 is 42.5. The number of rotatable bonds is 5. The predicted molar refractivity (Wildman–Crippen MR) is 121 cm³/mol. The zero-order chi connectivity index (χ0) is 22.0. The van der Waals surface area contributed by atoms with Gasteiger partial charge in [0.15, 0.2) is 0 Å². The number of nitrogens with zero attached hydrogens (tertiary/aromatic N) is 1. The number of nitrogens with one attached hydrogen (secondary N) is 3. The number of carbonyl (C=O) groups excluding carboxylic acids is 1. The second-order valence-corrected chi connectivity index (χ2v) is 10.2. The van der Waals surface area contributed by atoms with Gasteiger partial charge in [-0.15, -0.1) is 0 Å². The molecular weight excluding hydrogens is 487 g/mol. The van der Waals surface area contributed by atoms with Gasteiger partial charge >= 0.3 is 6.03 Å². The molecule has 1 fully saturated rings. The third-order valence-corrected chi connectivity index (χ3v) is 7.68. The number of urea groups is 1. The normalized spacial score (nSPS) is 15.2. The Bertz CT molecular complexity index is 1220. The lowest BCUT2D eigenvalue weighted by Crippen LogP contribution is -2.36. The molecule has 3 N–H and O–H groups in total. The van der Waals surface area contributed by atoms with Crippen molar-refractivity contribution in [3.63, 3.8) is 0 Å². The minimum Gasteiger partial charge on any atom is -0.340 e. The summed E-state index contributed by atoms with van der Waals surface area (Å²) in [4.78, 5) is 15.6. The van der Waals surface area contributed by atoms with Crippen LogP contribution >= 0.6 is 15.9 Å². The number of sulfonamides is 1. The number of anilines is 1. The predicted octanol–water partition coefficient (Wildman–Crippen LogP) is 4.57. The van der Waals surface area contributed by atoms with Crippen LogP contribution in [0.2, 0.25) is 0 Å². The first-order chi connectivity index (χ1) is 14.8. The number of halogens is 2. The molecule has 1 aliphatic rings. The third kappa shape index (κ3) is 4.76. The first-order valence-electron chi connectivity index (χ1n) is 9.95. The van der Waals surface area contributed by atoms with Crippen molar-refractivity contribution in [2.75, 3.05) is 18.4 Å². The van der Waals surface area contributed by atoms with Gasteiger partial charge in [-0.05, 0) is 48.7 Å². The van der Waals surface area contributed by atoms with E-state index in [1.165, 1.54) is 16.4 Å². The maximum atomic E-state index is 13.5. The number of aromatic amines is 1. The number of benzene rings is 2. The number of aromatic nitrogens is 1. The second kappa shape index (κ2) is 8.97. The molecule has 0 saturated carbocycles. The molecule has 2 aromatic carbocycles. The highest BCUT2D eigenvalue weighted by Gasteiger charge is 2.32. The molecule has 4 rings (SSSR count). The van der Waals surface area contributed by atoms with Crippen molar-refractivity contribution >= 4 is 48.7 Å². The van der Waals surface area contributed by atoms with Crippen molar-refractivity contribution < 1.29 is 17.6 Å². The van der Waals surface area contributed by atoms with Gasteiger partial charge in [0.05, 0.1) is 0 Å². The van der Waals surface area contributed by atoms with Crippen LogP contribution in [0.4, 0.5) is 15.0 Å². The Balaban J connectivity index is 1.64. The van der Waals surface area contributed by atoms with E-state index in [0.717, 1.165) is 23.7 Å². The molecule has 7 nitrogen and oxygen atoms in total. The average Bonchev–Trinajstić information content (AvgIpc) is 3.10. The monoisotopic (exact) mass is 508 g/mol. The Kier molecular flexibility index (Phi) is 6.31. The number of hydrogen-bond acceptors (Lipinski definition) is 3. The highest BCUT2D eigenvalue weighted by atomic mass is 79.9. The SMILES string of the molecule is O=C(NCc1cccc(F)c1)Nc1[nH]c2ccc(Br)cc2c1S(=O)(=O)N1CCCCC1. The molecule has 0 aliphatic carbocycles. The Hall–Kier alpha value is -2.43. The highest BCUT2D eigenvalue weighted by Crippen LogP contribution is 2.35. The number of carbonyl (C=O) groups is 1. The van der Waals surface area contributed by atoms with Crippen LogP contribution in [-0.2, 0) is 16.6 Å². The molecule has 164 valence electrons. The van der Waals surface area contributed by atoms with Crippen molar-refractivity contribution in [1.82, 2.24) is 14.6 Å². The van der Waals surface area contributed by atoms with Crippen LogP contribution in [0.3, 0.4) is 0 Å². The summed E-state index contributed by atoms with van der Waals surface area (Å²) in [5.74, 6) is -0.286. The van der Waals surface area contributed by atoms with Gasteiger partial charge in [-0.2, -0.15) is 4.31 Å². The zero-order valence-electron chi connectivity index (χ0n) is 16.6. The largest absolute Gasteiger partial charge is 0.340 e. The zero-order valence-corrected chi connectivity index (χ0v) is 19.0. The molecule has 0 spiro atoms. The highest BCUT2D eigenvalue weighted by molar-refractivity contribution is 9.10. The molecule has 1 aromatic heterocycles. The van der Waals surface area contributed by atoms with Crippen LogP contribution in [0.25, 0.3) is 10.9 Å². The number of amides is 2. The van der Waals surface area contributed by atoms with Gasteiger partial charge in [0.1, 0.15) is 16.5 Å². The molecule has 31 heavy (non-hydrogen) atoms. The summed E-state index contributed by atoms with van der Waals surface area (Å²) in [5.41, 5.74) is 1.19. The third-order valence-electron chi connectivity index (χ3n) is 5.21. The molecular formula is C21H22BrFN4O3S. The molecule has 0 bridgehead atoms. The van der Waals surface area contributed by atoms with E-state index in [0.29, 0.717) is 29.6 Å². The first-order valence-corrected chi connectivity index (χ1v) is 12.2. The molecule has 0 atom stereocenters. The average molecular weight is 509 g/mol. The van der Waals surface area contributed by atoms with Gasteiger partial charge in [-0.25, -0.2) is 17.6 Å². The lowest BCUT2D eigenvalue weighted by molar-refractivity contribution is 0.251. The minimum atomic E-state index is -3.82. The van der Waals surface area contributed by atoms with Gasteiger partial charge < -0.3 is 10.3 Å². The van der Waals surface area contributed by atoms with Crippen molar-refractivity contribution in [2.45, 2.75) is 30.7 Å². The molecule has 1 saturated heterocycles. The number of fused-ring (bicyclic) bond motifs is 1. The maximum Gasteiger partial charge on any atom is 0.320 e. The molecule has 0 radical (unpaired) electrons. The van der Waals surface area contributed by atoms with Crippen LogP contribution in [0.1, 0.15) is 24.8 Å². The molecule has 2 amide bonds. The van der Waals surface area contributed by atoms with Crippen molar-refractivity contribution in [3.8, 4) is 0 Å². The van der Waals surface area contributed by atoms with E-state index in [9.17, 15) is 17.6 Å². The fraction of sp³-hybridized carbons (Fsp3) is 0.286. The van der Waals surface area contributed by atoms with Crippen LogP contribution in [0, 0.1) is 5.82 Å². The first kappa shape index (κ1) is 21.8. The Morgan fingerprint density at radius 1 is 1.13 bits per heavy atom. The van der Waals surface area contributed by atoms with Gasteiger partial charge in [0.2, 0.25) is 10.0 Å². The lowest BCUT2D eigenvalue weighted by atomic mass is 10.2. The standard InChI is InChI=1S/C21H22BrFN4O3S/c22-15-7-8-18-17(12-15)19(31(29,30)27-9-2-1-3-10-27)20(25-18)26-21(28)24-13-14-5-4-6-16(23)11-14/h4-8,11-12,25H,1-3,9-10,13H2,(H2,24,26,28). The van der Waals surface area contributed by atoms with E-state index in [-0.39, 0.29) is 17.3 Å². The summed E-state index contributed by atoms with van der Waals surface area (Å²) in [7, 11) is -3.82. The fourth-order valence-electron chi connectivity index (χ4n) is 3.72. The number of H-pyrrole nitrogens is 1. The quantitative estimate of drug-likeness (QED) is 0.471. The van der Waals surface area contributed by atoms with Crippen molar-refractivity contribution in [3.05, 3.63) is 58.3 Å². The topological polar surface area (TPSA) is 94.3 Å². The second-order valence-electron chi connectivity index (χ2n) is 7.42. The van der Waals surface area contributed by atoms with Crippen LogP contribution in [-0.4, -0.2) is 36.8 Å². The van der Waals surface area contributed by atoms with E-state index in [1.54, 1.807) is 30.3 Å². The van der Waals surface area contributed by atoms with Gasteiger partial charge in [0.25, 0.3) is 0 Å². The number of piperidine rings is 1. The number of hydrogen-bond donors (Lipinski definition) is 3. The summed E-state index contributed by atoms with van der Waals surface area (Å²) >= 11 is 3.39. The summed E-state index contributed by atoms with van der Waals surface area (Å²) in [5, 5.41) is 5.76. The van der Waals surface area contributed by atoms with E-state index < -0.39 is 21.9 Å². The van der Waals surface area contributed by atoms with Gasteiger partial charge in [0, 0.05) is 35.0 Å². The van der Waals surface area contributed by atoms with Gasteiger partial charge in [-0.3, -0.25) is 5.32 Å². The Morgan fingerprint density at radius 3 is 2.65 bits per heavy atom.